The normalized spacial score (nSPS) is 14.8. The van der Waals surface area contributed by atoms with Gasteiger partial charge in [0.1, 0.15) is 0 Å². The number of quaternary nitrogens is 1. The zero-order valence-corrected chi connectivity index (χ0v) is 15.6. The van der Waals surface area contributed by atoms with Crippen molar-refractivity contribution in [2.45, 2.75) is 13.3 Å². The van der Waals surface area contributed by atoms with Gasteiger partial charge in [-0.1, -0.05) is 49.4 Å². The van der Waals surface area contributed by atoms with Gasteiger partial charge in [0.25, 0.3) is 5.91 Å². The fourth-order valence-corrected chi connectivity index (χ4v) is 3.43. The molecule has 0 aromatic heterocycles. The number of hydrogen-bond donors (Lipinski definition) is 1. The average molecular weight is 365 g/mol. The van der Waals surface area contributed by atoms with Crippen LogP contribution in [0.15, 0.2) is 54.6 Å². The van der Waals surface area contributed by atoms with Crippen molar-refractivity contribution in [2.75, 3.05) is 32.7 Å². The lowest BCUT2D eigenvalue weighted by Crippen LogP contribution is -3.14. The van der Waals surface area contributed by atoms with Crippen LogP contribution < -0.4 is 4.90 Å². The lowest BCUT2D eigenvalue weighted by atomic mass is 10.0. The van der Waals surface area contributed by atoms with Crippen LogP contribution in [0, 0.1) is 0 Å². The van der Waals surface area contributed by atoms with Gasteiger partial charge in [-0.25, -0.2) is 0 Å². The largest absolute Gasteiger partial charge is 0.332 e. The number of ketones is 2. The van der Waals surface area contributed by atoms with Crippen LogP contribution in [-0.4, -0.2) is 55.1 Å². The van der Waals surface area contributed by atoms with Crippen molar-refractivity contribution in [1.29, 1.82) is 0 Å². The monoisotopic (exact) mass is 365 g/mol. The molecule has 0 bridgehead atoms. The Morgan fingerprint density at radius 1 is 0.815 bits per heavy atom. The van der Waals surface area contributed by atoms with Gasteiger partial charge in [0.15, 0.2) is 0 Å². The number of nitrogens with zero attached hydrogens (tertiary/aromatic N) is 1. The van der Waals surface area contributed by atoms with Gasteiger partial charge in [-0.3, -0.25) is 14.4 Å². The van der Waals surface area contributed by atoms with Gasteiger partial charge < -0.3 is 9.80 Å². The third-order valence-electron chi connectivity index (χ3n) is 5.00. The molecule has 0 unspecified atom stereocenters. The number of carbonyl (C=O) groups excluding carboxylic acids is 3. The molecule has 1 saturated heterocycles. The van der Waals surface area contributed by atoms with E-state index in [-0.39, 0.29) is 5.91 Å². The van der Waals surface area contributed by atoms with E-state index >= 15 is 0 Å². The van der Waals surface area contributed by atoms with Crippen molar-refractivity contribution in [3.63, 3.8) is 0 Å². The maximum absolute atomic E-state index is 12.7. The van der Waals surface area contributed by atoms with Crippen LogP contribution in [0.25, 0.3) is 0 Å². The summed E-state index contributed by atoms with van der Waals surface area (Å²) in [5, 5.41) is 0. The van der Waals surface area contributed by atoms with Crippen molar-refractivity contribution >= 4 is 17.5 Å². The highest BCUT2D eigenvalue weighted by molar-refractivity contribution is 6.49. The van der Waals surface area contributed by atoms with Gasteiger partial charge in [0, 0.05) is 16.7 Å². The number of piperazine rings is 1. The minimum absolute atomic E-state index is 0.0149. The fourth-order valence-electron chi connectivity index (χ4n) is 3.43. The molecule has 3 rings (SSSR count). The van der Waals surface area contributed by atoms with Crippen LogP contribution in [0.4, 0.5) is 0 Å². The molecule has 1 aliphatic rings. The summed E-state index contributed by atoms with van der Waals surface area (Å²) in [6.07, 6.45) is 1.15. The topological polar surface area (TPSA) is 58.9 Å². The Morgan fingerprint density at radius 2 is 1.33 bits per heavy atom. The molecule has 1 heterocycles. The molecular formula is C22H25N2O3+. The fraction of sp³-hybridized carbons (Fsp3) is 0.318. The SMILES string of the molecule is CCC[NH+]1CCN(C(=O)c2ccc(C(=O)C(=O)c3ccccc3)cc2)CC1. The van der Waals surface area contributed by atoms with Crippen LogP contribution in [0.5, 0.6) is 0 Å². The lowest BCUT2D eigenvalue weighted by molar-refractivity contribution is -0.904. The van der Waals surface area contributed by atoms with Crippen LogP contribution in [-0.2, 0) is 0 Å². The molecule has 0 aliphatic carbocycles. The summed E-state index contributed by atoms with van der Waals surface area (Å²) in [5.41, 5.74) is 1.23. The highest BCUT2D eigenvalue weighted by Gasteiger charge is 2.24. The molecule has 1 amide bonds. The first-order valence-corrected chi connectivity index (χ1v) is 9.47. The Kier molecular flexibility index (Phi) is 6.14. The highest BCUT2D eigenvalue weighted by atomic mass is 16.2. The number of rotatable bonds is 6. The second-order valence-corrected chi connectivity index (χ2v) is 6.89. The van der Waals surface area contributed by atoms with Crippen molar-refractivity contribution in [2.24, 2.45) is 0 Å². The molecule has 0 spiro atoms. The number of amides is 1. The first kappa shape index (κ1) is 19.0. The molecule has 5 nitrogen and oxygen atoms in total. The predicted octanol–water partition coefficient (Wildman–Crippen LogP) is 1.50. The Morgan fingerprint density at radius 3 is 1.89 bits per heavy atom. The molecule has 0 saturated carbocycles. The summed E-state index contributed by atoms with van der Waals surface area (Å²) in [7, 11) is 0. The van der Waals surface area contributed by atoms with Gasteiger partial charge in [-0.2, -0.15) is 0 Å². The second-order valence-electron chi connectivity index (χ2n) is 6.89. The minimum atomic E-state index is -0.558. The quantitative estimate of drug-likeness (QED) is 0.624. The van der Waals surface area contributed by atoms with Gasteiger partial charge in [0.2, 0.25) is 11.6 Å². The molecule has 2 aromatic carbocycles. The molecular weight excluding hydrogens is 340 g/mol. The molecule has 5 heteroatoms. The van der Waals surface area contributed by atoms with Crippen LogP contribution in [0.3, 0.4) is 0 Å². The maximum atomic E-state index is 12.7. The second kappa shape index (κ2) is 8.73. The molecule has 1 N–H and O–H groups in total. The summed E-state index contributed by atoms with van der Waals surface area (Å²) in [5.74, 6) is -1.11. The molecule has 1 aliphatic heterocycles. The molecule has 140 valence electrons. The number of benzene rings is 2. The van der Waals surface area contributed by atoms with E-state index in [1.807, 2.05) is 4.90 Å². The molecule has 0 radical (unpaired) electrons. The van der Waals surface area contributed by atoms with E-state index in [9.17, 15) is 14.4 Å². The van der Waals surface area contributed by atoms with Crippen molar-refractivity contribution < 1.29 is 19.3 Å². The van der Waals surface area contributed by atoms with Crippen LogP contribution >= 0.6 is 0 Å². The smallest absolute Gasteiger partial charge is 0.254 e. The third kappa shape index (κ3) is 4.49. The van der Waals surface area contributed by atoms with Gasteiger partial charge in [0.05, 0.1) is 32.7 Å². The Hall–Kier alpha value is -2.79. The minimum Gasteiger partial charge on any atom is -0.332 e. The summed E-state index contributed by atoms with van der Waals surface area (Å²) >= 11 is 0. The van der Waals surface area contributed by atoms with Crippen molar-refractivity contribution in [3.05, 3.63) is 71.3 Å². The van der Waals surface area contributed by atoms with Crippen LogP contribution in [0.1, 0.15) is 44.4 Å². The van der Waals surface area contributed by atoms with E-state index in [0.717, 1.165) is 39.1 Å². The van der Waals surface area contributed by atoms with Gasteiger partial charge in [-0.05, 0) is 18.6 Å². The zero-order valence-electron chi connectivity index (χ0n) is 15.6. The number of nitrogens with one attached hydrogen (secondary N) is 1. The predicted molar refractivity (Wildman–Crippen MR) is 103 cm³/mol. The molecule has 1 fully saturated rings. The molecule has 0 atom stereocenters. The number of hydrogen-bond acceptors (Lipinski definition) is 3. The van der Waals surface area contributed by atoms with Crippen molar-refractivity contribution in [3.8, 4) is 0 Å². The third-order valence-corrected chi connectivity index (χ3v) is 5.00. The summed E-state index contributed by atoms with van der Waals surface area (Å²) < 4.78 is 0. The number of carbonyl (C=O) groups is 3. The summed E-state index contributed by atoms with van der Waals surface area (Å²) in [6.45, 7) is 6.77. The van der Waals surface area contributed by atoms with Gasteiger partial charge >= 0.3 is 0 Å². The standard InChI is InChI=1S/C22H24N2O3/c1-2-12-23-13-15-24(16-14-23)22(27)19-10-8-18(9-11-19)21(26)20(25)17-6-4-3-5-7-17/h3-11H,2,12-16H2,1H3/p+1. The van der Waals surface area contributed by atoms with E-state index in [4.69, 9.17) is 0 Å². The van der Waals surface area contributed by atoms with E-state index in [2.05, 4.69) is 6.92 Å². The first-order chi connectivity index (χ1) is 13.1. The van der Waals surface area contributed by atoms with E-state index in [1.54, 1.807) is 59.5 Å². The maximum Gasteiger partial charge on any atom is 0.254 e. The summed E-state index contributed by atoms with van der Waals surface area (Å²) in [4.78, 5) is 40.7. The van der Waals surface area contributed by atoms with E-state index in [0.29, 0.717) is 16.7 Å². The van der Waals surface area contributed by atoms with E-state index < -0.39 is 11.6 Å². The Balaban J connectivity index is 1.64. The lowest BCUT2D eigenvalue weighted by Gasteiger charge is -2.32. The first-order valence-electron chi connectivity index (χ1n) is 9.47. The highest BCUT2D eigenvalue weighted by Crippen LogP contribution is 2.12. The Bertz CT molecular complexity index is 807. The Labute approximate surface area is 159 Å². The summed E-state index contributed by atoms with van der Waals surface area (Å²) in [6, 6.07) is 14.9. The van der Waals surface area contributed by atoms with Crippen molar-refractivity contribution in [1.82, 2.24) is 4.90 Å². The number of Topliss-reactive ketones (excluding diaryl/α,β-unsaturated/α-hetero) is 2. The average Bonchev–Trinajstić information content (AvgIpc) is 2.74. The molecule has 2 aromatic rings. The van der Waals surface area contributed by atoms with Crippen LogP contribution in [0.2, 0.25) is 0 Å². The van der Waals surface area contributed by atoms with Gasteiger partial charge in [-0.15, -0.1) is 0 Å². The van der Waals surface area contributed by atoms with E-state index in [1.165, 1.54) is 0 Å². The molecule has 27 heavy (non-hydrogen) atoms. The zero-order chi connectivity index (χ0) is 19.2.